The van der Waals surface area contributed by atoms with Gasteiger partial charge in [-0.1, -0.05) is 57.4 Å². The van der Waals surface area contributed by atoms with Crippen molar-refractivity contribution in [2.75, 3.05) is 13.1 Å². The van der Waals surface area contributed by atoms with Crippen LogP contribution in [0.4, 0.5) is 0 Å². The average molecular weight is 261 g/mol. The van der Waals surface area contributed by atoms with Gasteiger partial charge < -0.3 is 5.32 Å². The molecule has 1 aromatic carbocycles. The Bertz CT molecular complexity index is 302. The monoisotopic (exact) mass is 261 g/mol. The molecule has 0 amide bonds. The SMILES string of the molecule is CCCNCCCCCCc1ccc(CCC)cc1. The van der Waals surface area contributed by atoms with Crippen molar-refractivity contribution in [1.82, 2.24) is 5.32 Å². The molecular weight excluding hydrogens is 230 g/mol. The lowest BCUT2D eigenvalue weighted by molar-refractivity contribution is 0.584. The summed E-state index contributed by atoms with van der Waals surface area (Å²) in [6.45, 7) is 6.83. The predicted molar refractivity (Wildman–Crippen MR) is 85.8 cm³/mol. The molecule has 1 heteroatoms. The van der Waals surface area contributed by atoms with Crippen molar-refractivity contribution >= 4 is 0 Å². The van der Waals surface area contributed by atoms with E-state index in [9.17, 15) is 0 Å². The van der Waals surface area contributed by atoms with E-state index >= 15 is 0 Å². The Kier molecular flexibility index (Phi) is 9.44. The van der Waals surface area contributed by atoms with Crippen molar-refractivity contribution in [3.63, 3.8) is 0 Å². The first kappa shape index (κ1) is 16.2. The van der Waals surface area contributed by atoms with E-state index in [0.29, 0.717) is 0 Å². The smallest absolute Gasteiger partial charge is 0.00489 e. The van der Waals surface area contributed by atoms with Crippen LogP contribution in [0.5, 0.6) is 0 Å². The van der Waals surface area contributed by atoms with Crippen LogP contribution in [0.25, 0.3) is 0 Å². The summed E-state index contributed by atoms with van der Waals surface area (Å²) in [5.74, 6) is 0. The molecule has 19 heavy (non-hydrogen) atoms. The van der Waals surface area contributed by atoms with E-state index in [0.717, 1.165) is 0 Å². The molecule has 0 saturated carbocycles. The number of rotatable bonds is 11. The molecule has 1 N–H and O–H groups in total. The largest absolute Gasteiger partial charge is 0.317 e. The maximum Gasteiger partial charge on any atom is -0.00489 e. The van der Waals surface area contributed by atoms with Gasteiger partial charge in [0.05, 0.1) is 0 Å². The summed E-state index contributed by atoms with van der Waals surface area (Å²) in [5, 5.41) is 3.46. The maximum atomic E-state index is 3.46. The molecule has 0 atom stereocenters. The summed E-state index contributed by atoms with van der Waals surface area (Å²) in [4.78, 5) is 0. The summed E-state index contributed by atoms with van der Waals surface area (Å²) < 4.78 is 0. The predicted octanol–water partition coefficient (Wildman–Crippen LogP) is 4.74. The van der Waals surface area contributed by atoms with Crippen LogP contribution in [0, 0.1) is 0 Å². The van der Waals surface area contributed by atoms with Gasteiger partial charge in [-0.25, -0.2) is 0 Å². The van der Waals surface area contributed by atoms with E-state index in [2.05, 4.69) is 43.4 Å². The van der Waals surface area contributed by atoms with Gasteiger partial charge in [0, 0.05) is 0 Å². The molecule has 1 aromatic rings. The lowest BCUT2D eigenvalue weighted by Crippen LogP contribution is -2.15. The number of hydrogen-bond donors (Lipinski definition) is 1. The van der Waals surface area contributed by atoms with Crippen molar-refractivity contribution in [2.24, 2.45) is 0 Å². The molecule has 0 aromatic heterocycles. The normalized spacial score (nSPS) is 10.8. The highest BCUT2D eigenvalue weighted by molar-refractivity contribution is 5.22. The summed E-state index contributed by atoms with van der Waals surface area (Å²) in [7, 11) is 0. The van der Waals surface area contributed by atoms with Crippen LogP contribution >= 0.6 is 0 Å². The summed E-state index contributed by atoms with van der Waals surface area (Å²) in [6.07, 6.45) is 10.3. The van der Waals surface area contributed by atoms with Gasteiger partial charge in [0.15, 0.2) is 0 Å². The van der Waals surface area contributed by atoms with Crippen molar-refractivity contribution in [2.45, 2.75) is 65.2 Å². The highest BCUT2D eigenvalue weighted by atomic mass is 14.8. The van der Waals surface area contributed by atoms with Gasteiger partial charge >= 0.3 is 0 Å². The minimum absolute atomic E-state index is 1.17. The fourth-order valence-electron chi connectivity index (χ4n) is 2.40. The lowest BCUT2D eigenvalue weighted by Gasteiger charge is -2.05. The van der Waals surface area contributed by atoms with Crippen LogP contribution < -0.4 is 5.32 Å². The van der Waals surface area contributed by atoms with Gasteiger partial charge in [0.25, 0.3) is 0 Å². The van der Waals surface area contributed by atoms with E-state index in [1.165, 1.54) is 75.6 Å². The van der Waals surface area contributed by atoms with Gasteiger partial charge in [-0.2, -0.15) is 0 Å². The Morgan fingerprint density at radius 2 is 1.32 bits per heavy atom. The third-order valence-corrected chi connectivity index (χ3v) is 3.56. The van der Waals surface area contributed by atoms with E-state index in [1.54, 1.807) is 0 Å². The van der Waals surface area contributed by atoms with Crippen LogP contribution in [0.15, 0.2) is 24.3 Å². The molecule has 0 fully saturated rings. The van der Waals surface area contributed by atoms with Crippen molar-refractivity contribution in [1.29, 1.82) is 0 Å². The number of nitrogens with one attached hydrogen (secondary N) is 1. The zero-order chi connectivity index (χ0) is 13.8. The van der Waals surface area contributed by atoms with E-state index in [4.69, 9.17) is 0 Å². The number of hydrogen-bond acceptors (Lipinski definition) is 1. The standard InChI is InChI=1S/C18H31N/c1-3-9-17-11-13-18(14-12-17)10-7-5-6-8-16-19-15-4-2/h11-14,19H,3-10,15-16H2,1-2H3. The first-order valence-electron chi connectivity index (χ1n) is 8.15. The molecule has 1 rings (SSSR count). The first-order chi connectivity index (χ1) is 9.36. The third kappa shape index (κ3) is 8.05. The minimum Gasteiger partial charge on any atom is -0.317 e. The Labute approximate surface area is 119 Å². The van der Waals surface area contributed by atoms with E-state index < -0.39 is 0 Å². The van der Waals surface area contributed by atoms with Crippen molar-refractivity contribution in [3.05, 3.63) is 35.4 Å². The molecule has 0 aliphatic rings. The molecule has 0 spiro atoms. The second-order valence-electron chi connectivity index (χ2n) is 5.48. The Balaban J connectivity index is 2.02. The van der Waals surface area contributed by atoms with Crippen LogP contribution in [0.3, 0.4) is 0 Å². The van der Waals surface area contributed by atoms with E-state index in [1.807, 2.05) is 0 Å². The van der Waals surface area contributed by atoms with Crippen LogP contribution in [-0.4, -0.2) is 13.1 Å². The fraction of sp³-hybridized carbons (Fsp3) is 0.667. The highest BCUT2D eigenvalue weighted by Crippen LogP contribution is 2.10. The van der Waals surface area contributed by atoms with Crippen molar-refractivity contribution in [3.8, 4) is 0 Å². The Morgan fingerprint density at radius 3 is 1.95 bits per heavy atom. The van der Waals surface area contributed by atoms with Gasteiger partial charge in [0.2, 0.25) is 0 Å². The molecule has 108 valence electrons. The second kappa shape index (κ2) is 11.0. The van der Waals surface area contributed by atoms with Gasteiger partial charge in [0.1, 0.15) is 0 Å². The van der Waals surface area contributed by atoms with Crippen molar-refractivity contribution < 1.29 is 0 Å². The number of aryl methyl sites for hydroxylation is 2. The number of benzene rings is 1. The molecule has 0 bridgehead atoms. The topological polar surface area (TPSA) is 12.0 Å². The quantitative estimate of drug-likeness (QED) is 0.567. The zero-order valence-corrected chi connectivity index (χ0v) is 12.9. The van der Waals surface area contributed by atoms with Gasteiger partial charge in [-0.05, 0) is 56.3 Å². The molecular formula is C18H31N. The summed E-state index contributed by atoms with van der Waals surface area (Å²) in [5.41, 5.74) is 2.98. The van der Waals surface area contributed by atoms with Crippen LogP contribution in [0.2, 0.25) is 0 Å². The van der Waals surface area contributed by atoms with Gasteiger partial charge in [-0.3, -0.25) is 0 Å². The highest BCUT2D eigenvalue weighted by Gasteiger charge is 1.95. The molecule has 0 unspecified atom stereocenters. The summed E-state index contributed by atoms with van der Waals surface area (Å²) >= 11 is 0. The molecule has 0 heterocycles. The third-order valence-electron chi connectivity index (χ3n) is 3.56. The fourth-order valence-corrected chi connectivity index (χ4v) is 2.40. The first-order valence-corrected chi connectivity index (χ1v) is 8.15. The molecule has 0 saturated heterocycles. The maximum absolute atomic E-state index is 3.46. The van der Waals surface area contributed by atoms with Crippen LogP contribution in [0.1, 0.15) is 63.5 Å². The lowest BCUT2D eigenvalue weighted by atomic mass is 10.0. The molecule has 0 aliphatic heterocycles. The minimum atomic E-state index is 1.17. The second-order valence-corrected chi connectivity index (χ2v) is 5.48. The zero-order valence-electron chi connectivity index (χ0n) is 12.9. The molecule has 0 aliphatic carbocycles. The van der Waals surface area contributed by atoms with E-state index in [-0.39, 0.29) is 0 Å². The molecule has 0 radical (unpaired) electrons. The Hall–Kier alpha value is -0.820. The molecule has 1 nitrogen and oxygen atoms in total. The number of unbranched alkanes of at least 4 members (excludes halogenated alkanes) is 3. The van der Waals surface area contributed by atoms with Gasteiger partial charge in [-0.15, -0.1) is 0 Å². The summed E-state index contributed by atoms with van der Waals surface area (Å²) in [6, 6.07) is 9.22. The average Bonchev–Trinajstić information content (AvgIpc) is 2.44. The Morgan fingerprint density at radius 1 is 0.684 bits per heavy atom. The van der Waals surface area contributed by atoms with Crippen LogP contribution in [-0.2, 0) is 12.8 Å².